The number of hydrogen-bond donors (Lipinski definition) is 2. The first-order valence-electron chi connectivity index (χ1n) is 5.94. The lowest BCUT2D eigenvalue weighted by atomic mass is 9.96. The fourth-order valence-corrected chi connectivity index (χ4v) is 2.31. The Morgan fingerprint density at radius 1 is 1.42 bits per heavy atom. The van der Waals surface area contributed by atoms with Gasteiger partial charge in [-0.25, -0.2) is 0 Å². The van der Waals surface area contributed by atoms with Crippen molar-refractivity contribution in [3.8, 4) is 0 Å². The number of nitrogens with one attached hydrogen (secondary N) is 2. The summed E-state index contributed by atoms with van der Waals surface area (Å²) in [5, 5.41) is 5.63. The molecule has 0 aromatic heterocycles. The number of halogens is 1. The second-order valence-corrected chi connectivity index (χ2v) is 5.14. The van der Waals surface area contributed by atoms with E-state index in [-0.39, 0.29) is 5.91 Å². The SMILES string of the molecule is CNCCC1=NC(=O)C(c2cccc(Br)c2)C(=O)N1. The van der Waals surface area contributed by atoms with Crippen LogP contribution < -0.4 is 10.6 Å². The fourth-order valence-electron chi connectivity index (χ4n) is 1.89. The first-order chi connectivity index (χ1) is 9.11. The lowest BCUT2D eigenvalue weighted by molar-refractivity contribution is -0.129. The third-order valence-corrected chi connectivity index (χ3v) is 3.31. The van der Waals surface area contributed by atoms with Crippen LogP contribution in [0.25, 0.3) is 0 Å². The zero-order valence-corrected chi connectivity index (χ0v) is 12.0. The zero-order chi connectivity index (χ0) is 13.8. The zero-order valence-electron chi connectivity index (χ0n) is 10.4. The van der Waals surface area contributed by atoms with Crippen LogP contribution in [-0.4, -0.2) is 31.2 Å². The molecule has 6 heteroatoms. The Morgan fingerprint density at radius 3 is 2.84 bits per heavy atom. The summed E-state index contributed by atoms with van der Waals surface area (Å²) in [5.41, 5.74) is 0.647. The fraction of sp³-hybridized carbons (Fsp3) is 0.308. The summed E-state index contributed by atoms with van der Waals surface area (Å²) in [6, 6.07) is 7.15. The van der Waals surface area contributed by atoms with Gasteiger partial charge in [0.2, 0.25) is 5.91 Å². The van der Waals surface area contributed by atoms with Gasteiger partial charge in [-0.15, -0.1) is 0 Å². The molecule has 0 fully saturated rings. The van der Waals surface area contributed by atoms with Crippen molar-refractivity contribution in [2.24, 2.45) is 4.99 Å². The van der Waals surface area contributed by atoms with E-state index in [4.69, 9.17) is 0 Å². The molecule has 100 valence electrons. The Bertz CT molecular complexity index is 542. The van der Waals surface area contributed by atoms with Crippen LogP contribution in [0.4, 0.5) is 0 Å². The van der Waals surface area contributed by atoms with Gasteiger partial charge in [0.05, 0.1) is 0 Å². The van der Waals surface area contributed by atoms with Gasteiger partial charge in [-0.1, -0.05) is 28.1 Å². The highest BCUT2D eigenvalue weighted by Crippen LogP contribution is 2.23. The molecule has 0 bridgehead atoms. The lowest BCUT2D eigenvalue weighted by Gasteiger charge is -2.20. The van der Waals surface area contributed by atoms with Crippen molar-refractivity contribution in [3.05, 3.63) is 34.3 Å². The molecule has 0 saturated carbocycles. The van der Waals surface area contributed by atoms with Crippen LogP contribution in [0.15, 0.2) is 33.7 Å². The largest absolute Gasteiger partial charge is 0.319 e. The van der Waals surface area contributed by atoms with Crippen molar-refractivity contribution < 1.29 is 9.59 Å². The highest BCUT2D eigenvalue weighted by Gasteiger charge is 2.33. The minimum atomic E-state index is -0.851. The van der Waals surface area contributed by atoms with Crippen molar-refractivity contribution >= 4 is 33.6 Å². The highest BCUT2D eigenvalue weighted by molar-refractivity contribution is 9.10. The van der Waals surface area contributed by atoms with E-state index in [1.165, 1.54) is 0 Å². The topological polar surface area (TPSA) is 70.6 Å². The Morgan fingerprint density at radius 2 is 2.21 bits per heavy atom. The molecule has 1 atom stereocenters. The number of carbonyl (C=O) groups is 2. The van der Waals surface area contributed by atoms with Gasteiger partial charge in [0, 0.05) is 17.4 Å². The molecule has 2 N–H and O–H groups in total. The first kappa shape index (κ1) is 13.9. The van der Waals surface area contributed by atoms with E-state index in [2.05, 4.69) is 31.6 Å². The minimum Gasteiger partial charge on any atom is -0.319 e. The number of rotatable bonds is 4. The quantitative estimate of drug-likeness (QED) is 0.818. The van der Waals surface area contributed by atoms with Crippen LogP contribution in [0.3, 0.4) is 0 Å². The van der Waals surface area contributed by atoms with Crippen LogP contribution in [0, 0.1) is 0 Å². The molecule has 1 unspecified atom stereocenters. The highest BCUT2D eigenvalue weighted by atomic mass is 79.9. The summed E-state index contributed by atoms with van der Waals surface area (Å²) in [6.07, 6.45) is 0.527. The second kappa shape index (κ2) is 6.08. The van der Waals surface area contributed by atoms with Crippen LogP contribution in [-0.2, 0) is 9.59 Å². The van der Waals surface area contributed by atoms with Gasteiger partial charge in [-0.2, -0.15) is 4.99 Å². The number of amides is 2. The van der Waals surface area contributed by atoms with Gasteiger partial charge < -0.3 is 10.6 Å². The van der Waals surface area contributed by atoms with E-state index >= 15 is 0 Å². The molecule has 1 aromatic rings. The van der Waals surface area contributed by atoms with Crippen molar-refractivity contribution in [1.82, 2.24) is 10.6 Å². The summed E-state index contributed by atoms with van der Waals surface area (Å²) in [4.78, 5) is 28.0. The summed E-state index contributed by atoms with van der Waals surface area (Å²) in [5.74, 6) is -1.15. The molecular weight excluding hydrogens is 310 g/mol. The Labute approximate surface area is 119 Å². The van der Waals surface area contributed by atoms with Gasteiger partial charge in [0.25, 0.3) is 5.91 Å². The predicted octanol–water partition coefficient (Wildman–Crippen LogP) is 1.20. The van der Waals surface area contributed by atoms with Gasteiger partial charge in [-0.3, -0.25) is 9.59 Å². The molecule has 1 heterocycles. The maximum Gasteiger partial charge on any atom is 0.264 e. The van der Waals surface area contributed by atoms with E-state index in [0.29, 0.717) is 24.4 Å². The summed E-state index contributed by atoms with van der Waals surface area (Å²) < 4.78 is 0.829. The summed E-state index contributed by atoms with van der Waals surface area (Å²) in [6.45, 7) is 0.661. The molecule has 0 aliphatic carbocycles. The van der Waals surface area contributed by atoms with Gasteiger partial charge >= 0.3 is 0 Å². The number of nitrogens with zero attached hydrogens (tertiary/aromatic N) is 1. The van der Waals surface area contributed by atoms with E-state index in [1.54, 1.807) is 25.2 Å². The molecule has 2 amide bonds. The molecule has 1 aromatic carbocycles. The smallest absolute Gasteiger partial charge is 0.264 e. The monoisotopic (exact) mass is 323 g/mol. The standard InChI is InChI=1S/C13H14BrN3O2/c1-15-6-5-10-16-12(18)11(13(19)17-10)8-3-2-4-9(14)7-8/h2-4,7,11,15H,5-6H2,1H3,(H,16,17,18,19). The first-order valence-corrected chi connectivity index (χ1v) is 6.73. The Kier molecular flexibility index (Phi) is 4.44. The van der Waals surface area contributed by atoms with Gasteiger partial charge in [0.15, 0.2) is 0 Å². The molecule has 0 spiro atoms. The van der Waals surface area contributed by atoms with Crippen molar-refractivity contribution in [2.75, 3.05) is 13.6 Å². The van der Waals surface area contributed by atoms with Crippen LogP contribution >= 0.6 is 15.9 Å². The summed E-state index contributed by atoms with van der Waals surface area (Å²) >= 11 is 3.33. The number of hydrogen-bond acceptors (Lipinski definition) is 3. The van der Waals surface area contributed by atoms with Crippen molar-refractivity contribution in [2.45, 2.75) is 12.3 Å². The molecule has 5 nitrogen and oxygen atoms in total. The normalized spacial score (nSPS) is 19.1. The van der Waals surface area contributed by atoms with E-state index in [9.17, 15) is 9.59 Å². The number of amidine groups is 1. The molecule has 2 rings (SSSR count). The summed E-state index contributed by atoms with van der Waals surface area (Å²) in [7, 11) is 1.80. The van der Waals surface area contributed by atoms with Gasteiger partial charge in [-0.05, 0) is 24.7 Å². The predicted molar refractivity (Wildman–Crippen MR) is 76.0 cm³/mol. The van der Waals surface area contributed by atoms with Crippen LogP contribution in [0.5, 0.6) is 0 Å². The van der Waals surface area contributed by atoms with Crippen molar-refractivity contribution in [3.63, 3.8) is 0 Å². The molecular formula is C13H14BrN3O2. The number of aliphatic imine (C=N–C) groups is 1. The van der Waals surface area contributed by atoms with E-state index < -0.39 is 11.8 Å². The van der Waals surface area contributed by atoms with Crippen LogP contribution in [0.1, 0.15) is 17.9 Å². The average molecular weight is 324 g/mol. The minimum absolute atomic E-state index is 0.316. The van der Waals surface area contributed by atoms with E-state index in [1.807, 2.05) is 6.07 Å². The van der Waals surface area contributed by atoms with E-state index in [0.717, 1.165) is 4.47 Å². The molecule has 1 aliphatic heterocycles. The lowest BCUT2D eigenvalue weighted by Crippen LogP contribution is -2.43. The van der Waals surface area contributed by atoms with Crippen molar-refractivity contribution in [1.29, 1.82) is 0 Å². The maximum absolute atomic E-state index is 12.0. The second-order valence-electron chi connectivity index (χ2n) is 4.23. The Hall–Kier alpha value is -1.53. The molecule has 1 aliphatic rings. The molecule has 0 radical (unpaired) electrons. The maximum atomic E-state index is 12.0. The third kappa shape index (κ3) is 3.27. The number of benzene rings is 1. The Balaban J connectivity index is 2.22. The third-order valence-electron chi connectivity index (χ3n) is 2.82. The number of carbonyl (C=O) groups excluding carboxylic acids is 2. The molecule has 0 saturated heterocycles. The van der Waals surface area contributed by atoms with Crippen LogP contribution in [0.2, 0.25) is 0 Å². The van der Waals surface area contributed by atoms with Gasteiger partial charge in [0.1, 0.15) is 11.8 Å². The molecule has 19 heavy (non-hydrogen) atoms. The average Bonchev–Trinajstić information content (AvgIpc) is 2.35.